The van der Waals surface area contributed by atoms with Gasteiger partial charge in [-0.15, -0.1) is 0 Å². The van der Waals surface area contributed by atoms with Crippen LogP contribution in [0.5, 0.6) is 0 Å². The summed E-state index contributed by atoms with van der Waals surface area (Å²) >= 11 is 5.90. The molecule has 1 aromatic carbocycles. The van der Waals surface area contributed by atoms with Crippen LogP contribution in [0.4, 0.5) is 5.69 Å². The van der Waals surface area contributed by atoms with Gasteiger partial charge >= 0.3 is 0 Å². The SMILES string of the molecule is Cc1cc(Cl)c(N)cc1S(=O)(=O)N(C)Cc1cccnc1. The normalized spacial score (nSPS) is 11.8. The molecule has 0 atom stereocenters. The smallest absolute Gasteiger partial charge is 0.243 e. The number of benzene rings is 1. The molecule has 0 saturated heterocycles. The summed E-state index contributed by atoms with van der Waals surface area (Å²) in [6.07, 6.45) is 3.27. The third-order valence-corrected chi connectivity index (χ3v) is 5.38. The lowest BCUT2D eigenvalue weighted by molar-refractivity contribution is 0.466. The zero-order valence-electron chi connectivity index (χ0n) is 11.7. The predicted molar refractivity (Wildman–Crippen MR) is 83.5 cm³/mol. The molecule has 21 heavy (non-hydrogen) atoms. The highest BCUT2D eigenvalue weighted by molar-refractivity contribution is 7.89. The lowest BCUT2D eigenvalue weighted by atomic mass is 10.2. The first kappa shape index (κ1) is 15.8. The molecule has 0 bridgehead atoms. The predicted octanol–water partition coefficient (Wildman–Crippen LogP) is 2.45. The molecule has 0 spiro atoms. The average molecular weight is 326 g/mol. The molecule has 0 amide bonds. The first-order valence-electron chi connectivity index (χ1n) is 6.23. The highest BCUT2D eigenvalue weighted by Gasteiger charge is 2.24. The maximum absolute atomic E-state index is 12.6. The molecule has 0 radical (unpaired) electrons. The van der Waals surface area contributed by atoms with Crippen LogP contribution in [0.2, 0.25) is 5.02 Å². The Labute approximate surface area is 129 Å². The van der Waals surface area contributed by atoms with Gasteiger partial charge in [-0.1, -0.05) is 17.7 Å². The van der Waals surface area contributed by atoms with Crippen molar-refractivity contribution in [2.24, 2.45) is 0 Å². The first-order chi connectivity index (χ1) is 9.82. The fourth-order valence-corrected chi connectivity index (χ4v) is 3.56. The van der Waals surface area contributed by atoms with Crippen molar-refractivity contribution < 1.29 is 8.42 Å². The van der Waals surface area contributed by atoms with E-state index in [2.05, 4.69) is 4.98 Å². The molecule has 2 rings (SSSR count). The number of aryl methyl sites for hydroxylation is 1. The zero-order valence-corrected chi connectivity index (χ0v) is 13.3. The van der Waals surface area contributed by atoms with E-state index in [0.717, 1.165) is 5.56 Å². The van der Waals surface area contributed by atoms with Crippen molar-refractivity contribution in [3.05, 3.63) is 52.8 Å². The van der Waals surface area contributed by atoms with E-state index in [-0.39, 0.29) is 17.1 Å². The van der Waals surface area contributed by atoms with Crippen molar-refractivity contribution in [3.63, 3.8) is 0 Å². The molecule has 0 aliphatic rings. The summed E-state index contributed by atoms with van der Waals surface area (Å²) in [7, 11) is -2.12. The van der Waals surface area contributed by atoms with Gasteiger partial charge in [0.05, 0.1) is 15.6 Å². The Morgan fingerprint density at radius 3 is 2.71 bits per heavy atom. The van der Waals surface area contributed by atoms with Crippen LogP contribution in [-0.4, -0.2) is 24.8 Å². The Morgan fingerprint density at radius 1 is 1.38 bits per heavy atom. The van der Waals surface area contributed by atoms with Crippen LogP contribution in [0.1, 0.15) is 11.1 Å². The number of nitrogens with two attached hydrogens (primary N) is 1. The molecule has 0 fully saturated rings. The summed E-state index contributed by atoms with van der Waals surface area (Å²) in [6.45, 7) is 1.92. The minimum atomic E-state index is -3.64. The van der Waals surface area contributed by atoms with Crippen LogP contribution in [0, 0.1) is 6.92 Å². The van der Waals surface area contributed by atoms with Gasteiger partial charge in [-0.05, 0) is 36.2 Å². The molecule has 1 aromatic heterocycles. The number of aromatic nitrogens is 1. The molecular formula is C14H16ClN3O2S. The Morgan fingerprint density at radius 2 is 2.10 bits per heavy atom. The Balaban J connectivity index is 2.36. The van der Waals surface area contributed by atoms with Gasteiger partial charge in [0, 0.05) is 26.0 Å². The van der Waals surface area contributed by atoms with E-state index in [1.807, 2.05) is 6.07 Å². The molecule has 2 aromatic rings. The number of rotatable bonds is 4. The van der Waals surface area contributed by atoms with Crippen LogP contribution < -0.4 is 5.73 Å². The second kappa shape index (κ2) is 6.01. The minimum absolute atomic E-state index is 0.163. The Hall–Kier alpha value is -1.63. The van der Waals surface area contributed by atoms with Crippen LogP contribution in [0.15, 0.2) is 41.6 Å². The van der Waals surface area contributed by atoms with Gasteiger partial charge in [0.2, 0.25) is 10.0 Å². The summed E-state index contributed by atoms with van der Waals surface area (Å²) in [5.41, 5.74) is 7.33. The van der Waals surface area contributed by atoms with Gasteiger partial charge < -0.3 is 5.73 Å². The fraction of sp³-hybridized carbons (Fsp3) is 0.214. The number of halogens is 1. The number of pyridine rings is 1. The molecule has 7 heteroatoms. The largest absolute Gasteiger partial charge is 0.397 e. The minimum Gasteiger partial charge on any atom is -0.397 e. The Kier molecular flexibility index (Phi) is 4.51. The standard InChI is InChI=1S/C14H16ClN3O2S/c1-10-6-12(15)13(16)7-14(10)21(19,20)18(2)9-11-4-3-5-17-8-11/h3-8H,9,16H2,1-2H3. The third-order valence-electron chi connectivity index (χ3n) is 3.11. The van der Waals surface area contributed by atoms with Gasteiger partial charge in [-0.2, -0.15) is 4.31 Å². The average Bonchev–Trinajstić information content (AvgIpc) is 2.43. The van der Waals surface area contributed by atoms with E-state index in [4.69, 9.17) is 17.3 Å². The summed E-state index contributed by atoms with van der Waals surface area (Å²) in [5.74, 6) is 0. The maximum atomic E-state index is 12.6. The molecule has 2 N–H and O–H groups in total. The van der Waals surface area contributed by atoms with Gasteiger partial charge in [0.15, 0.2) is 0 Å². The summed E-state index contributed by atoms with van der Waals surface area (Å²) in [5, 5.41) is 0.348. The van der Waals surface area contributed by atoms with Crippen molar-refractivity contribution in [2.75, 3.05) is 12.8 Å². The van der Waals surface area contributed by atoms with E-state index in [0.29, 0.717) is 10.6 Å². The molecule has 0 saturated carbocycles. The maximum Gasteiger partial charge on any atom is 0.243 e. The van der Waals surface area contributed by atoms with Crippen molar-refractivity contribution in [2.45, 2.75) is 18.4 Å². The number of anilines is 1. The van der Waals surface area contributed by atoms with E-state index in [9.17, 15) is 8.42 Å². The van der Waals surface area contributed by atoms with Crippen LogP contribution in [-0.2, 0) is 16.6 Å². The Bertz CT molecular complexity index is 748. The summed E-state index contributed by atoms with van der Waals surface area (Å²) in [4.78, 5) is 4.14. The van der Waals surface area contributed by atoms with E-state index in [1.165, 1.54) is 17.4 Å². The van der Waals surface area contributed by atoms with Crippen molar-refractivity contribution in [1.82, 2.24) is 9.29 Å². The number of hydrogen-bond donors (Lipinski definition) is 1. The topological polar surface area (TPSA) is 76.3 Å². The van der Waals surface area contributed by atoms with Crippen molar-refractivity contribution >= 4 is 27.3 Å². The third kappa shape index (κ3) is 3.34. The summed E-state index contributed by atoms with van der Waals surface area (Å²) in [6, 6.07) is 6.54. The quantitative estimate of drug-likeness (QED) is 0.876. The van der Waals surface area contributed by atoms with Crippen molar-refractivity contribution in [1.29, 1.82) is 0 Å². The van der Waals surface area contributed by atoms with Crippen LogP contribution >= 0.6 is 11.6 Å². The number of nitrogen functional groups attached to an aromatic ring is 1. The van der Waals surface area contributed by atoms with Crippen molar-refractivity contribution in [3.8, 4) is 0 Å². The number of nitrogens with zero attached hydrogens (tertiary/aromatic N) is 2. The molecule has 1 heterocycles. The molecule has 5 nitrogen and oxygen atoms in total. The van der Waals surface area contributed by atoms with Crippen LogP contribution in [0.25, 0.3) is 0 Å². The number of hydrogen-bond acceptors (Lipinski definition) is 4. The lowest BCUT2D eigenvalue weighted by Crippen LogP contribution is -2.27. The van der Waals surface area contributed by atoms with Gasteiger partial charge in [-0.3, -0.25) is 4.98 Å². The van der Waals surface area contributed by atoms with Gasteiger partial charge in [0.1, 0.15) is 0 Å². The molecule has 0 aliphatic carbocycles. The molecule has 112 valence electrons. The van der Waals surface area contributed by atoms with E-state index >= 15 is 0 Å². The highest BCUT2D eigenvalue weighted by Crippen LogP contribution is 2.28. The monoisotopic (exact) mass is 325 g/mol. The fourth-order valence-electron chi connectivity index (χ4n) is 1.95. The van der Waals surface area contributed by atoms with Gasteiger partial charge in [-0.25, -0.2) is 8.42 Å². The molecule has 0 unspecified atom stereocenters. The first-order valence-corrected chi connectivity index (χ1v) is 8.05. The van der Waals surface area contributed by atoms with Gasteiger partial charge in [0.25, 0.3) is 0 Å². The second-order valence-corrected chi connectivity index (χ2v) is 7.18. The molecular weight excluding hydrogens is 310 g/mol. The molecule has 0 aliphatic heterocycles. The number of sulfonamides is 1. The summed E-state index contributed by atoms with van der Waals surface area (Å²) < 4.78 is 26.5. The van der Waals surface area contributed by atoms with E-state index in [1.54, 1.807) is 31.5 Å². The van der Waals surface area contributed by atoms with E-state index < -0.39 is 10.0 Å². The second-order valence-electron chi connectivity index (χ2n) is 4.76. The van der Waals surface area contributed by atoms with Crippen LogP contribution in [0.3, 0.4) is 0 Å². The highest BCUT2D eigenvalue weighted by atomic mass is 35.5. The lowest BCUT2D eigenvalue weighted by Gasteiger charge is -2.19. The zero-order chi connectivity index (χ0) is 15.6.